The van der Waals surface area contributed by atoms with E-state index >= 15 is 0 Å². The van der Waals surface area contributed by atoms with Crippen molar-refractivity contribution in [1.29, 1.82) is 0 Å². The van der Waals surface area contributed by atoms with E-state index in [2.05, 4.69) is 41.5 Å². The summed E-state index contributed by atoms with van der Waals surface area (Å²) in [7, 11) is -9.93. The Morgan fingerprint density at radius 2 is 0.438 bits per heavy atom. The maximum Gasteiger partial charge on any atom is 0.472 e. The summed E-state index contributed by atoms with van der Waals surface area (Å²) in [6.45, 7) is 9.72. The van der Waals surface area contributed by atoms with E-state index in [-0.39, 0.29) is 25.7 Å². The topological polar surface area (TPSA) is 237 Å². The fourth-order valence-corrected chi connectivity index (χ4v) is 15.0. The van der Waals surface area contributed by atoms with E-state index in [1.165, 1.54) is 276 Å². The molecule has 0 aliphatic heterocycles. The molecular weight excluding hydrogens is 1370 g/mol. The van der Waals surface area contributed by atoms with Gasteiger partial charge in [0.25, 0.3) is 0 Å². The van der Waals surface area contributed by atoms with Gasteiger partial charge in [0.15, 0.2) is 12.2 Å². The van der Waals surface area contributed by atoms with Gasteiger partial charge < -0.3 is 33.8 Å². The Balaban J connectivity index is 5.24. The molecule has 2 unspecified atom stereocenters. The number of carbonyl (C=O) groups is 4. The summed E-state index contributed by atoms with van der Waals surface area (Å²) in [5.74, 6) is -0.505. The first kappa shape index (κ1) is 103. The Morgan fingerprint density at radius 3 is 0.648 bits per heavy atom. The molecule has 0 radical (unpaired) electrons. The van der Waals surface area contributed by atoms with E-state index in [1.54, 1.807) is 0 Å². The van der Waals surface area contributed by atoms with Gasteiger partial charge in [-0.3, -0.25) is 37.3 Å². The minimum atomic E-state index is -4.97. The van der Waals surface area contributed by atoms with Crippen LogP contribution < -0.4 is 0 Å². The summed E-state index contributed by atoms with van der Waals surface area (Å²) >= 11 is 0. The first-order valence-corrected chi connectivity index (χ1v) is 47.5. The van der Waals surface area contributed by atoms with Crippen LogP contribution in [0.4, 0.5) is 0 Å². The monoisotopic (exact) mass is 1540 g/mol. The van der Waals surface area contributed by atoms with Gasteiger partial charge in [-0.15, -0.1) is 0 Å². The zero-order valence-corrected chi connectivity index (χ0v) is 70.8. The molecule has 3 N–H and O–H groups in total. The predicted octanol–water partition coefficient (Wildman–Crippen LogP) is 26.2. The molecule has 5 atom stereocenters. The van der Waals surface area contributed by atoms with Crippen molar-refractivity contribution in [3.8, 4) is 0 Å². The van der Waals surface area contributed by atoms with E-state index in [4.69, 9.17) is 37.0 Å². The second-order valence-corrected chi connectivity index (χ2v) is 34.8. The van der Waals surface area contributed by atoms with Crippen LogP contribution in [0.5, 0.6) is 0 Å². The van der Waals surface area contributed by atoms with Gasteiger partial charge in [-0.25, -0.2) is 9.13 Å². The van der Waals surface area contributed by atoms with Crippen molar-refractivity contribution in [2.45, 2.75) is 477 Å². The summed E-state index contributed by atoms with van der Waals surface area (Å²) in [4.78, 5) is 73.2. The van der Waals surface area contributed by atoms with Crippen molar-refractivity contribution in [2.75, 3.05) is 39.6 Å². The molecule has 0 aliphatic carbocycles. The number of hydrogen-bond acceptors (Lipinski definition) is 15. The predicted molar refractivity (Wildman–Crippen MR) is 432 cm³/mol. The molecule has 0 spiro atoms. The number of phosphoric acid groups is 2. The largest absolute Gasteiger partial charge is 0.472 e. The molecule has 0 rings (SSSR count). The van der Waals surface area contributed by atoms with Crippen LogP contribution >= 0.6 is 15.6 Å². The van der Waals surface area contributed by atoms with Crippen LogP contribution in [0.15, 0.2) is 0 Å². The van der Waals surface area contributed by atoms with Gasteiger partial charge in [-0.2, -0.15) is 0 Å². The summed E-state index contributed by atoms with van der Waals surface area (Å²) in [6, 6.07) is 0. The van der Waals surface area contributed by atoms with Crippen molar-refractivity contribution < 1.29 is 80.2 Å². The van der Waals surface area contributed by atoms with Crippen molar-refractivity contribution in [1.82, 2.24) is 0 Å². The number of hydrogen-bond donors (Lipinski definition) is 3. The molecule has 0 saturated carbocycles. The molecule has 624 valence electrons. The standard InChI is InChI=1S/C86H168O17P2/c1-7-9-11-13-15-17-19-20-21-22-23-24-28-33-39-45-51-57-63-69-84(89)97-75-82(103-85(90)70-64-58-52-46-40-34-29-26-25-27-31-37-42-48-54-60-66-78(3)4)77-101-105(94,95)99-73-80(87)72-98-104(92,93)100-76-81(74-96-83(88)68-62-56-50-44-36-18-16-14-12-10-8-2)102-86(91)71-65-59-53-47-41-35-30-32-38-43-49-55-61-67-79(5)6/h78-82,87H,7-77H2,1-6H3,(H,92,93)(H,94,95)/t80-,81+,82+/m0/s1. The SMILES string of the molecule is CCCCCCCCCCCCCCCCCCCCCC(=O)OC[C@H](COP(=O)(O)OC[C@@H](O)COP(=O)(O)OC[C@@H](COC(=O)CCCCCCCCCCCCC)OC(=O)CCCCCCCCCCCCCCCC(C)C)OC(=O)CCCCCCCCCCCCCCCCCCC(C)C. The van der Waals surface area contributed by atoms with Crippen LogP contribution in [-0.2, 0) is 65.4 Å². The average Bonchev–Trinajstić information content (AvgIpc) is 1.21. The Morgan fingerprint density at radius 1 is 0.257 bits per heavy atom. The molecule has 0 bridgehead atoms. The van der Waals surface area contributed by atoms with E-state index < -0.39 is 97.5 Å². The fourth-order valence-electron chi connectivity index (χ4n) is 13.4. The number of aliphatic hydroxyl groups is 1. The van der Waals surface area contributed by atoms with Gasteiger partial charge >= 0.3 is 39.5 Å². The van der Waals surface area contributed by atoms with Crippen molar-refractivity contribution >= 4 is 39.5 Å². The summed E-state index contributed by atoms with van der Waals surface area (Å²) in [5.41, 5.74) is 0. The molecule has 19 heteroatoms. The van der Waals surface area contributed by atoms with Gasteiger partial charge in [0.2, 0.25) is 0 Å². The third-order valence-electron chi connectivity index (χ3n) is 20.2. The van der Waals surface area contributed by atoms with Crippen LogP contribution in [0.25, 0.3) is 0 Å². The zero-order valence-electron chi connectivity index (χ0n) is 69.0. The van der Waals surface area contributed by atoms with E-state index in [1.807, 2.05) is 0 Å². The zero-order chi connectivity index (χ0) is 77.1. The average molecular weight is 1540 g/mol. The molecule has 0 heterocycles. The highest BCUT2D eigenvalue weighted by molar-refractivity contribution is 7.47. The number of esters is 4. The van der Waals surface area contributed by atoms with Crippen molar-refractivity contribution in [3.63, 3.8) is 0 Å². The lowest BCUT2D eigenvalue weighted by Crippen LogP contribution is -2.30. The lowest BCUT2D eigenvalue weighted by molar-refractivity contribution is -0.161. The van der Waals surface area contributed by atoms with Crippen LogP contribution in [0.3, 0.4) is 0 Å². The van der Waals surface area contributed by atoms with Crippen LogP contribution in [0, 0.1) is 11.8 Å². The van der Waals surface area contributed by atoms with Crippen molar-refractivity contribution in [3.05, 3.63) is 0 Å². The molecule has 0 aromatic heterocycles. The molecule has 0 aliphatic rings. The van der Waals surface area contributed by atoms with Gasteiger partial charge in [0.1, 0.15) is 19.3 Å². The van der Waals surface area contributed by atoms with Gasteiger partial charge in [0.05, 0.1) is 26.4 Å². The van der Waals surface area contributed by atoms with Gasteiger partial charge in [0, 0.05) is 25.7 Å². The number of ether oxygens (including phenoxy) is 4. The summed E-state index contributed by atoms with van der Waals surface area (Å²) in [5, 5.41) is 10.7. The van der Waals surface area contributed by atoms with E-state index in [0.717, 1.165) is 102 Å². The van der Waals surface area contributed by atoms with E-state index in [0.29, 0.717) is 25.7 Å². The Labute approximate surface area is 645 Å². The first-order chi connectivity index (χ1) is 50.9. The molecule has 105 heavy (non-hydrogen) atoms. The quantitative estimate of drug-likeness (QED) is 0.0222. The maximum atomic E-state index is 13.1. The molecule has 0 amide bonds. The second-order valence-electron chi connectivity index (χ2n) is 31.9. The molecule has 0 aromatic rings. The number of carbonyl (C=O) groups excluding carboxylic acids is 4. The van der Waals surface area contributed by atoms with Gasteiger partial charge in [-0.05, 0) is 37.5 Å². The maximum absolute atomic E-state index is 13.1. The summed E-state index contributed by atoms with van der Waals surface area (Å²) in [6.07, 6.45) is 69.3. The fraction of sp³-hybridized carbons (Fsp3) is 0.953. The Kier molecular flexibility index (Phi) is 76.0. The van der Waals surface area contributed by atoms with Crippen LogP contribution in [0.2, 0.25) is 0 Å². The Bertz CT molecular complexity index is 2010. The summed E-state index contributed by atoms with van der Waals surface area (Å²) < 4.78 is 68.9. The van der Waals surface area contributed by atoms with E-state index in [9.17, 15) is 43.2 Å². The minimum Gasteiger partial charge on any atom is -0.462 e. The lowest BCUT2D eigenvalue weighted by Gasteiger charge is -2.21. The third kappa shape index (κ3) is 79.9. The number of phosphoric ester groups is 2. The Hall–Kier alpha value is -1.94. The number of aliphatic hydroxyl groups excluding tert-OH is 1. The second kappa shape index (κ2) is 77.4. The smallest absolute Gasteiger partial charge is 0.462 e. The molecular formula is C86H168O17P2. The molecule has 0 aromatic carbocycles. The van der Waals surface area contributed by atoms with Crippen LogP contribution in [-0.4, -0.2) is 96.7 Å². The lowest BCUT2D eigenvalue weighted by atomic mass is 10.0. The molecule has 0 saturated heterocycles. The van der Waals surface area contributed by atoms with Crippen LogP contribution in [0.1, 0.15) is 459 Å². The highest BCUT2D eigenvalue weighted by Crippen LogP contribution is 2.45. The highest BCUT2D eigenvalue weighted by atomic mass is 31.2. The molecule has 17 nitrogen and oxygen atoms in total. The normalized spacial score (nSPS) is 13.8. The number of unbranched alkanes of at least 4 members (excludes halogenated alkanes) is 55. The van der Waals surface area contributed by atoms with Crippen molar-refractivity contribution in [2.24, 2.45) is 11.8 Å². The highest BCUT2D eigenvalue weighted by Gasteiger charge is 2.30. The third-order valence-corrected chi connectivity index (χ3v) is 22.1. The minimum absolute atomic E-state index is 0.108. The van der Waals surface area contributed by atoms with Gasteiger partial charge in [-0.1, -0.05) is 408 Å². The molecule has 0 fully saturated rings. The first-order valence-electron chi connectivity index (χ1n) is 44.5. The number of rotatable bonds is 85.